The van der Waals surface area contributed by atoms with Gasteiger partial charge in [0.15, 0.2) is 0 Å². The molecule has 0 saturated carbocycles. The van der Waals surface area contributed by atoms with Crippen molar-refractivity contribution in [3.63, 3.8) is 0 Å². The summed E-state index contributed by atoms with van der Waals surface area (Å²) in [6, 6.07) is 7.95. The molecule has 0 heterocycles. The van der Waals surface area contributed by atoms with Crippen LogP contribution in [0.5, 0.6) is 5.75 Å². The minimum absolute atomic E-state index is 0.246. The van der Waals surface area contributed by atoms with Gasteiger partial charge in [-0.2, -0.15) is 0 Å². The van der Waals surface area contributed by atoms with Gasteiger partial charge in [0.2, 0.25) is 0 Å². The molecule has 0 aromatic heterocycles. The molecule has 0 aliphatic carbocycles. The highest BCUT2D eigenvalue weighted by atomic mass is 16.5. The van der Waals surface area contributed by atoms with Crippen LogP contribution in [0.15, 0.2) is 24.3 Å². The summed E-state index contributed by atoms with van der Waals surface area (Å²) in [5.41, 5.74) is 1.20. The molecule has 3 heteroatoms. The van der Waals surface area contributed by atoms with Crippen LogP contribution in [0.4, 0.5) is 0 Å². The average molecular weight is 247 g/mol. The lowest BCUT2D eigenvalue weighted by atomic mass is 10.2. The Kier molecular flexibility index (Phi) is 6.93. The van der Waals surface area contributed by atoms with Crippen molar-refractivity contribution in [2.45, 2.75) is 32.4 Å². The van der Waals surface area contributed by atoms with Gasteiger partial charge in [0.25, 0.3) is 0 Å². The third-order valence-corrected chi connectivity index (χ3v) is 2.51. The molecule has 0 fully saturated rings. The molecule has 1 rings (SSSR count). The van der Waals surface area contributed by atoms with E-state index in [9.17, 15) is 0 Å². The van der Waals surface area contributed by atoms with E-state index >= 15 is 0 Å². The average Bonchev–Trinajstić information content (AvgIpc) is 2.36. The van der Waals surface area contributed by atoms with Crippen molar-refractivity contribution in [3.8, 4) is 18.1 Å². The summed E-state index contributed by atoms with van der Waals surface area (Å²) in [6.07, 6.45) is 6.30. The number of aliphatic hydroxyl groups excluding tert-OH is 1. The van der Waals surface area contributed by atoms with Gasteiger partial charge in [-0.1, -0.05) is 12.1 Å². The topological polar surface area (TPSA) is 41.5 Å². The van der Waals surface area contributed by atoms with Crippen molar-refractivity contribution < 1.29 is 9.84 Å². The number of aliphatic hydroxyl groups is 1. The maximum absolute atomic E-state index is 9.12. The van der Waals surface area contributed by atoms with E-state index in [1.165, 1.54) is 5.56 Å². The molecule has 0 bridgehead atoms. The lowest BCUT2D eigenvalue weighted by Gasteiger charge is -2.08. The second-order valence-corrected chi connectivity index (χ2v) is 4.26. The third kappa shape index (κ3) is 6.29. The highest BCUT2D eigenvalue weighted by Crippen LogP contribution is 2.12. The predicted octanol–water partition coefficient (Wildman–Crippen LogP) is 1.95. The minimum Gasteiger partial charge on any atom is -0.493 e. The highest BCUT2D eigenvalue weighted by molar-refractivity contribution is 5.27. The summed E-state index contributed by atoms with van der Waals surface area (Å²) in [4.78, 5) is 0. The van der Waals surface area contributed by atoms with Crippen LogP contribution in [0, 0.1) is 12.3 Å². The van der Waals surface area contributed by atoms with Gasteiger partial charge in [-0.3, -0.25) is 0 Å². The van der Waals surface area contributed by atoms with Crippen LogP contribution in [-0.2, 0) is 6.54 Å². The summed E-state index contributed by atoms with van der Waals surface area (Å²) < 4.78 is 5.46. The van der Waals surface area contributed by atoms with Crippen molar-refractivity contribution in [3.05, 3.63) is 29.8 Å². The van der Waals surface area contributed by atoms with Gasteiger partial charge >= 0.3 is 0 Å². The minimum atomic E-state index is -0.246. The van der Waals surface area contributed by atoms with Gasteiger partial charge in [0.1, 0.15) is 5.75 Å². The van der Waals surface area contributed by atoms with E-state index in [2.05, 4.69) is 11.2 Å². The van der Waals surface area contributed by atoms with E-state index < -0.39 is 0 Å². The number of rotatable bonds is 8. The largest absolute Gasteiger partial charge is 0.493 e. The summed E-state index contributed by atoms with van der Waals surface area (Å²) >= 11 is 0. The molecule has 0 spiro atoms. The van der Waals surface area contributed by atoms with Crippen LogP contribution >= 0.6 is 0 Å². The van der Waals surface area contributed by atoms with E-state index in [0.29, 0.717) is 13.0 Å². The molecule has 0 aliphatic rings. The lowest BCUT2D eigenvalue weighted by Crippen LogP contribution is -2.18. The Morgan fingerprint density at radius 3 is 2.72 bits per heavy atom. The van der Waals surface area contributed by atoms with Gasteiger partial charge in [-0.25, -0.2) is 0 Å². The van der Waals surface area contributed by atoms with Gasteiger partial charge in [-0.05, 0) is 37.6 Å². The first-order valence-corrected chi connectivity index (χ1v) is 6.26. The molecule has 3 nitrogen and oxygen atoms in total. The SMILES string of the molecule is C#CCCOc1ccc(CNCCC(C)O)cc1. The van der Waals surface area contributed by atoms with Crippen molar-refractivity contribution in [1.82, 2.24) is 5.32 Å². The molecule has 0 amide bonds. The highest BCUT2D eigenvalue weighted by Gasteiger charge is 1.97. The van der Waals surface area contributed by atoms with Gasteiger partial charge in [0, 0.05) is 13.0 Å². The number of terminal acetylenes is 1. The Morgan fingerprint density at radius 1 is 1.39 bits per heavy atom. The molecule has 98 valence electrons. The zero-order valence-electron chi connectivity index (χ0n) is 10.9. The molecule has 0 aliphatic heterocycles. The number of hydrogen-bond donors (Lipinski definition) is 2. The second kappa shape index (κ2) is 8.57. The fourth-order valence-electron chi connectivity index (χ4n) is 1.48. The number of benzene rings is 1. The first-order valence-electron chi connectivity index (χ1n) is 6.26. The van der Waals surface area contributed by atoms with Crippen molar-refractivity contribution in [2.24, 2.45) is 0 Å². The summed E-state index contributed by atoms with van der Waals surface area (Å²) in [7, 11) is 0. The lowest BCUT2D eigenvalue weighted by molar-refractivity contribution is 0.183. The standard InChI is InChI=1S/C15H21NO2/c1-3-4-11-18-15-7-5-14(6-8-15)12-16-10-9-13(2)17/h1,5-8,13,16-17H,4,9-12H2,2H3. The van der Waals surface area contributed by atoms with Crippen molar-refractivity contribution >= 4 is 0 Å². The zero-order chi connectivity index (χ0) is 13.2. The fraction of sp³-hybridized carbons (Fsp3) is 0.467. The molecule has 1 atom stereocenters. The molecule has 1 unspecified atom stereocenters. The number of nitrogens with one attached hydrogen (secondary N) is 1. The smallest absolute Gasteiger partial charge is 0.119 e. The third-order valence-electron chi connectivity index (χ3n) is 2.51. The van der Waals surface area contributed by atoms with Crippen molar-refractivity contribution in [2.75, 3.05) is 13.2 Å². The monoisotopic (exact) mass is 247 g/mol. The van der Waals surface area contributed by atoms with Gasteiger partial charge in [0.05, 0.1) is 12.7 Å². The predicted molar refractivity (Wildman–Crippen MR) is 73.4 cm³/mol. The van der Waals surface area contributed by atoms with Crippen LogP contribution in [0.2, 0.25) is 0 Å². The number of ether oxygens (including phenoxy) is 1. The molecule has 2 N–H and O–H groups in total. The van der Waals surface area contributed by atoms with E-state index in [-0.39, 0.29) is 6.10 Å². The van der Waals surface area contributed by atoms with Crippen LogP contribution in [0.3, 0.4) is 0 Å². The Hall–Kier alpha value is -1.50. The molecule has 18 heavy (non-hydrogen) atoms. The first-order chi connectivity index (χ1) is 8.72. The van der Waals surface area contributed by atoms with Crippen LogP contribution < -0.4 is 10.1 Å². The normalized spacial score (nSPS) is 11.8. The summed E-state index contributed by atoms with van der Waals surface area (Å²) in [6.45, 7) is 3.97. The van der Waals surface area contributed by atoms with E-state index in [1.54, 1.807) is 6.92 Å². The quantitative estimate of drug-likeness (QED) is 0.545. The van der Waals surface area contributed by atoms with Crippen LogP contribution in [0.25, 0.3) is 0 Å². The number of hydrogen-bond acceptors (Lipinski definition) is 3. The Morgan fingerprint density at radius 2 is 2.11 bits per heavy atom. The molecule has 0 radical (unpaired) electrons. The second-order valence-electron chi connectivity index (χ2n) is 4.26. The molecule has 1 aromatic rings. The van der Waals surface area contributed by atoms with E-state index in [4.69, 9.17) is 16.3 Å². The summed E-state index contributed by atoms with van der Waals surface area (Å²) in [5, 5.41) is 12.4. The van der Waals surface area contributed by atoms with Crippen LogP contribution in [0.1, 0.15) is 25.3 Å². The first kappa shape index (κ1) is 14.6. The summed E-state index contributed by atoms with van der Waals surface area (Å²) in [5.74, 6) is 3.38. The zero-order valence-corrected chi connectivity index (χ0v) is 10.9. The molecule has 0 saturated heterocycles. The maximum atomic E-state index is 9.12. The Bertz CT molecular complexity index is 365. The van der Waals surface area contributed by atoms with Gasteiger partial charge in [-0.15, -0.1) is 12.3 Å². The molecular weight excluding hydrogens is 226 g/mol. The maximum Gasteiger partial charge on any atom is 0.119 e. The molecule has 1 aromatic carbocycles. The Balaban J connectivity index is 2.25. The van der Waals surface area contributed by atoms with Gasteiger partial charge < -0.3 is 15.2 Å². The van der Waals surface area contributed by atoms with Crippen molar-refractivity contribution in [1.29, 1.82) is 0 Å². The van der Waals surface area contributed by atoms with E-state index in [0.717, 1.165) is 25.3 Å². The molecular formula is C15H21NO2. The van der Waals surface area contributed by atoms with E-state index in [1.807, 2.05) is 24.3 Å². The van der Waals surface area contributed by atoms with Crippen LogP contribution in [-0.4, -0.2) is 24.4 Å². The Labute approximate surface area is 109 Å². The fourth-order valence-corrected chi connectivity index (χ4v) is 1.48.